The van der Waals surface area contributed by atoms with Crippen molar-refractivity contribution in [2.45, 2.75) is 94.4 Å². The van der Waals surface area contributed by atoms with Crippen molar-refractivity contribution >= 4 is 33.2 Å². The van der Waals surface area contributed by atoms with E-state index in [0.29, 0.717) is 62.7 Å². The fourth-order valence-corrected chi connectivity index (χ4v) is 12.2. The number of nitrogens with one attached hydrogen (secondary N) is 1. The summed E-state index contributed by atoms with van der Waals surface area (Å²) in [5, 5.41) is -0.0464. The fourth-order valence-electron chi connectivity index (χ4n) is 10.7. The number of benzene rings is 2. The molecule has 11 nitrogen and oxygen atoms in total. The van der Waals surface area contributed by atoms with Gasteiger partial charge in [-0.15, -0.1) is 0 Å². The van der Waals surface area contributed by atoms with Crippen molar-refractivity contribution in [3.8, 4) is 5.75 Å². The highest BCUT2D eigenvalue weighted by Crippen LogP contribution is 2.49. The molecule has 7 rings (SSSR count). The number of rotatable bonds is 11. The highest BCUT2D eigenvalue weighted by atomic mass is 35.5. The molecule has 1 amide bonds. The minimum atomic E-state index is -3.98. The monoisotopic (exact) mass is 854 g/mol. The van der Waals surface area contributed by atoms with Gasteiger partial charge < -0.3 is 28.7 Å². The maximum atomic E-state index is 13.8. The first kappa shape index (κ1) is 44.3. The standard InChI is InChI=1S/C46H67ClN4O7S/c1-6-58-46(31-49-21-17-39(18-22-49)50(23-25-55-4)24-26-56-5)20-7-9-33(2)34(3)59(53,54)48-44(52)36-12-16-43-42(28-36)51(29-37-11-14-41(37)46)30-45(32-57-43)19-8-10-35-27-38(47)13-15-40(35)45/h7,12-13,15-16,20,27-28,33-34,37,39,41H,6,8-11,14,17-19,21-26,29-32H2,1-5H3,(H,48,52)/b20-7-/t33-,34+,37-,41+,45-,46+/m0/s1. The second kappa shape index (κ2) is 19.1. The fraction of sp³-hybridized carbons (Fsp3) is 0.674. The normalized spacial score (nSPS) is 30.8. The zero-order valence-corrected chi connectivity index (χ0v) is 37.5. The molecule has 0 radical (unpaired) electrons. The van der Waals surface area contributed by atoms with Crippen LogP contribution in [0.3, 0.4) is 0 Å². The second-order valence-corrected chi connectivity index (χ2v) is 20.4. The molecule has 2 aromatic carbocycles. The van der Waals surface area contributed by atoms with E-state index >= 15 is 0 Å². The van der Waals surface area contributed by atoms with Crippen LogP contribution in [0.5, 0.6) is 5.75 Å². The lowest BCUT2D eigenvalue weighted by atomic mass is 9.63. The summed E-state index contributed by atoms with van der Waals surface area (Å²) in [6.07, 6.45) is 12.2. The third kappa shape index (κ3) is 9.69. The first-order chi connectivity index (χ1) is 28.4. The van der Waals surface area contributed by atoms with Gasteiger partial charge in [0.2, 0.25) is 10.0 Å². The summed E-state index contributed by atoms with van der Waals surface area (Å²) in [7, 11) is -0.454. The molecule has 6 atom stereocenters. The van der Waals surface area contributed by atoms with Crippen LogP contribution in [0.2, 0.25) is 5.02 Å². The maximum absolute atomic E-state index is 13.8. The van der Waals surface area contributed by atoms with Gasteiger partial charge in [-0.3, -0.25) is 9.69 Å². The van der Waals surface area contributed by atoms with Gasteiger partial charge in [0.15, 0.2) is 0 Å². The lowest BCUT2D eigenvalue weighted by Crippen LogP contribution is -2.58. The summed E-state index contributed by atoms with van der Waals surface area (Å²) >= 11 is 6.54. The SMILES string of the molecule is CCO[C@@]1(CN2CCC(N(CCOC)CCOC)CC2)/C=C\C[C@H](C)[C@@H](C)S(=O)(=O)NC(=O)c2ccc3c(c2)N(C[C@@H]2CC[C@H]21)C[C@@]1(CCCc2cc(Cl)ccc21)CO3. The molecule has 5 aliphatic rings. The number of carbonyl (C=O) groups excluding carboxylic acids is 1. The number of carbonyl (C=O) groups is 1. The van der Waals surface area contributed by atoms with Crippen LogP contribution in [0.4, 0.5) is 5.69 Å². The summed E-state index contributed by atoms with van der Waals surface area (Å²) in [6, 6.07) is 12.2. The van der Waals surface area contributed by atoms with Crippen molar-refractivity contribution in [2.24, 2.45) is 17.8 Å². The van der Waals surface area contributed by atoms with Crippen LogP contribution >= 0.6 is 11.6 Å². The Morgan fingerprint density at radius 3 is 2.47 bits per heavy atom. The summed E-state index contributed by atoms with van der Waals surface area (Å²) in [4.78, 5) is 21.3. The molecule has 1 saturated heterocycles. The quantitative estimate of drug-likeness (QED) is 0.245. The van der Waals surface area contributed by atoms with E-state index in [4.69, 9.17) is 30.5 Å². The minimum absolute atomic E-state index is 0.234. The number of nitrogens with zero attached hydrogens (tertiary/aromatic N) is 3. The average Bonchev–Trinajstić information content (AvgIpc) is 3.35. The highest BCUT2D eigenvalue weighted by molar-refractivity contribution is 7.90. The number of fused-ring (bicyclic) bond motifs is 4. The van der Waals surface area contributed by atoms with Crippen molar-refractivity contribution in [3.63, 3.8) is 0 Å². The van der Waals surface area contributed by atoms with Gasteiger partial charge in [0.1, 0.15) is 11.4 Å². The van der Waals surface area contributed by atoms with E-state index in [0.717, 1.165) is 94.9 Å². The number of halogens is 1. The van der Waals surface area contributed by atoms with Crippen molar-refractivity contribution < 1.29 is 32.2 Å². The van der Waals surface area contributed by atoms with Gasteiger partial charge in [-0.25, -0.2) is 13.1 Å². The molecule has 59 heavy (non-hydrogen) atoms. The summed E-state index contributed by atoms with van der Waals surface area (Å²) < 4.78 is 54.6. The first-order valence-corrected chi connectivity index (χ1v) is 24.0. The number of anilines is 1. The second-order valence-electron chi connectivity index (χ2n) is 17.9. The van der Waals surface area contributed by atoms with Crippen LogP contribution in [-0.2, 0) is 36.1 Å². The van der Waals surface area contributed by atoms with Crippen LogP contribution in [0.1, 0.15) is 87.2 Å². The smallest absolute Gasteiger partial charge is 0.264 e. The largest absolute Gasteiger partial charge is 0.490 e. The molecule has 13 heteroatoms. The molecule has 1 N–H and O–H groups in total. The van der Waals surface area contributed by atoms with Gasteiger partial charge in [0.25, 0.3) is 5.91 Å². The number of hydrogen-bond acceptors (Lipinski definition) is 10. The molecule has 1 saturated carbocycles. The molecule has 1 spiro atoms. The summed E-state index contributed by atoms with van der Waals surface area (Å²) in [5.74, 6) is 0.425. The lowest BCUT2D eigenvalue weighted by molar-refractivity contribution is -0.112. The van der Waals surface area contributed by atoms with Gasteiger partial charge in [-0.2, -0.15) is 0 Å². The Labute approximate surface area is 358 Å². The third-order valence-electron chi connectivity index (χ3n) is 14.4. The number of hydrogen-bond donors (Lipinski definition) is 1. The lowest BCUT2D eigenvalue weighted by Gasteiger charge is -2.52. The summed E-state index contributed by atoms with van der Waals surface area (Å²) in [5.41, 5.74) is 2.85. The number of ether oxygens (including phenoxy) is 4. The van der Waals surface area contributed by atoms with Gasteiger partial charge in [0.05, 0.1) is 30.8 Å². The Bertz CT molecular complexity index is 1900. The third-order valence-corrected chi connectivity index (χ3v) is 16.5. The Hall–Kier alpha value is -2.71. The molecular formula is C46H67ClN4O7S. The molecule has 2 aliphatic carbocycles. The molecule has 326 valence electrons. The van der Waals surface area contributed by atoms with E-state index in [1.165, 1.54) is 11.1 Å². The molecule has 2 aromatic rings. The van der Waals surface area contributed by atoms with Crippen molar-refractivity contribution in [3.05, 3.63) is 70.3 Å². The zero-order chi connectivity index (χ0) is 41.8. The number of methoxy groups -OCH3 is 2. The number of amides is 1. The van der Waals surface area contributed by atoms with Crippen molar-refractivity contribution in [1.29, 1.82) is 0 Å². The predicted octanol–water partition coefficient (Wildman–Crippen LogP) is 6.72. The van der Waals surface area contributed by atoms with Gasteiger partial charge in [0, 0.05) is 75.6 Å². The Kier molecular flexibility index (Phi) is 14.4. The maximum Gasteiger partial charge on any atom is 0.264 e. The molecule has 2 bridgehead atoms. The molecule has 3 aliphatic heterocycles. The van der Waals surface area contributed by atoms with Crippen molar-refractivity contribution in [2.75, 3.05) is 91.4 Å². The topological polar surface area (TPSA) is 110 Å². The van der Waals surface area contributed by atoms with E-state index < -0.39 is 26.8 Å². The van der Waals surface area contributed by atoms with E-state index in [9.17, 15) is 13.2 Å². The highest BCUT2D eigenvalue weighted by Gasteiger charge is 2.50. The molecular weight excluding hydrogens is 788 g/mol. The van der Waals surface area contributed by atoms with Crippen LogP contribution in [0.25, 0.3) is 0 Å². The van der Waals surface area contributed by atoms with Gasteiger partial charge in [-0.05, 0) is 138 Å². The number of likely N-dealkylation sites (tertiary alicyclic amines) is 1. The van der Waals surface area contributed by atoms with Gasteiger partial charge in [-0.1, -0.05) is 36.7 Å². The molecule has 2 fully saturated rings. The van der Waals surface area contributed by atoms with Crippen LogP contribution in [-0.4, -0.2) is 127 Å². The average molecular weight is 856 g/mol. The van der Waals surface area contributed by atoms with E-state index in [-0.39, 0.29) is 17.3 Å². The predicted molar refractivity (Wildman–Crippen MR) is 234 cm³/mol. The van der Waals surface area contributed by atoms with Crippen LogP contribution < -0.4 is 14.4 Å². The number of aryl methyl sites for hydroxylation is 1. The van der Waals surface area contributed by atoms with Gasteiger partial charge >= 0.3 is 0 Å². The Morgan fingerprint density at radius 2 is 1.78 bits per heavy atom. The van der Waals surface area contributed by atoms with Crippen molar-refractivity contribution in [1.82, 2.24) is 14.5 Å². The number of allylic oxidation sites excluding steroid dienone is 1. The van der Waals surface area contributed by atoms with Crippen LogP contribution in [0.15, 0.2) is 48.6 Å². The van der Waals surface area contributed by atoms with E-state index in [1.807, 2.05) is 25.1 Å². The zero-order valence-electron chi connectivity index (χ0n) is 35.9. The Balaban J connectivity index is 1.24. The summed E-state index contributed by atoms with van der Waals surface area (Å²) in [6.45, 7) is 14.2. The molecule has 0 aromatic heterocycles. The van der Waals surface area contributed by atoms with E-state index in [2.05, 4.69) is 50.6 Å². The number of piperidine rings is 1. The Morgan fingerprint density at radius 1 is 1.02 bits per heavy atom. The minimum Gasteiger partial charge on any atom is -0.490 e. The first-order valence-electron chi connectivity index (χ1n) is 22.0. The molecule has 0 unspecified atom stereocenters. The van der Waals surface area contributed by atoms with Crippen LogP contribution in [0, 0.1) is 17.8 Å². The van der Waals surface area contributed by atoms with E-state index in [1.54, 1.807) is 27.2 Å². The number of sulfonamides is 1. The molecule has 3 heterocycles.